The zero-order valence-electron chi connectivity index (χ0n) is 24.8. The standard InChI is InChI=1S/C32H48N2Si2/c1-23(2)35(24(3)4,25(5)6)19-15-29-13-17-33-31(21-29)32-22-30(14-18-34-32)16-20-36(26(7)8,27(9)10)28(11)12/h13-14,17-18,21-28H,1-12H3. The van der Waals surface area contributed by atoms with Crippen molar-refractivity contribution in [3.05, 3.63) is 47.8 Å². The van der Waals surface area contributed by atoms with E-state index in [1.54, 1.807) is 0 Å². The summed E-state index contributed by atoms with van der Waals surface area (Å²) in [5.74, 6) is 7.12. The van der Waals surface area contributed by atoms with Crippen molar-refractivity contribution < 1.29 is 0 Å². The van der Waals surface area contributed by atoms with Crippen LogP contribution in [0.1, 0.15) is 94.2 Å². The first-order chi connectivity index (χ1) is 16.8. The second kappa shape index (κ2) is 12.4. The summed E-state index contributed by atoms with van der Waals surface area (Å²) in [5, 5.41) is 0. The highest BCUT2D eigenvalue weighted by atomic mass is 28.3. The van der Waals surface area contributed by atoms with Crippen LogP contribution in [0.3, 0.4) is 0 Å². The summed E-state index contributed by atoms with van der Waals surface area (Å²) in [7, 11) is -3.57. The molecule has 36 heavy (non-hydrogen) atoms. The lowest BCUT2D eigenvalue weighted by atomic mass is 10.1. The van der Waals surface area contributed by atoms with Gasteiger partial charge in [0.15, 0.2) is 0 Å². The molecule has 2 aromatic heterocycles. The highest BCUT2D eigenvalue weighted by molar-refractivity contribution is 6.91. The van der Waals surface area contributed by atoms with Gasteiger partial charge < -0.3 is 0 Å². The van der Waals surface area contributed by atoms with Crippen molar-refractivity contribution in [2.24, 2.45) is 0 Å². The van der Waals surface area contributed by atoms with Crippen molar-refractivity contribution in [2.75, 3.05) is 0 Å². The Morgan fingerprint density at radius 2 is 0.778 bits per heavy atom. The van der Waals surface area contributed by atoms with Crippen LogP contribution in [0.5, 0.6) is 0 Å². The van der Waals surface area contributed by atoms with Gasteiger partial charge in [-0.3, -0.25) is 9.97 Å². The molecule has 0 unspecified atom stereocenters. The maximum absolute atomic E-state index is 4.64. The van der Waals surface area contributed by atoms with E-state index in [1.807, 2.05) is 24.5 Å². The van der Waals surface area contributed by atoms with E-state index in [4.69, 9.17) is 0 Å². The van der Waals surface area contributed by atoms with E-state index in [0.717, 1.165) is 22.5 Å². The van der Waals surface area contributed by atoms with Crippen LogP contribution >= 0.6 is 0 Å². The van der Waals surface area contributed by atoms with Gasteiger partial charge in [-0.2, -0.15) is 0 Å². The summed E-state index contributed by atoms with van der Waals surface area (Å²) < 4.78 is 0. The van der Waals surface area contributed by atoms with Gasteiger partial charge >= 0.3 is 0 Å². The minimum Gasteiger partial charge on any atom is -0.255 e. The lowest BCUT2D eigenvalue weighted by molar-refractivity contribution is 0.838. The molecule has 0 saturated heterocycles. The Labute approximate surface area is 224 Å². The lowest BCUT2D eigenvalue weighted by Crippen LogP contribution is -2.43. The summed E-state index contributed by atoms with van der Waals surface area (Å²) in [6, 6.07) is 8.21. The molecule has 0 aromatic carbocycles. The molecular formula is C32H48N2Si2. The summed E-state index contributed by atoms with van der Waals surface area (Å²) in [6.07, 6.45) is 3.72. The average molecular weight is 517 g/mol. The summed E-state index contributed by atoms with van der Waals surface area (Å²) >= 11 is 0. The summed E-state index contributed by atoms with van der Waals surface area (Å²) in [6.45, 7) is 28.2. The molecule has 0 saturated carbocycles. The number of pyridine rings is 2. The molecule has 2 nitrogen and oxygen atoms in total. The van der Waals surface area contributed by atoms with Gasteiger partial charge in [-0.05, 0) is 57.5 Å². The van der Waals surface area contributed by atoms with Crippen LogP contribution in [-0.4, -0.2) is 26.1 Å². The summed E-state index contributed by atoms with van der Waals surface area (Å²) in [5.41, 5.74) is 15.1. The highest BCUT2D eigenvalue weighted by Gasteiger charge is 2.42. The van der Waals surface area contributed by atoms with Gasteiger partial charge in [-0.25, -0.2) is 0 Å². The van der Waals surface area contributed by atoms with Gasteiger partial charge in [0, 0.05) is 23.5 Å². The van der Waals surface area contributed by atoms with Gasteiger partial charge in [0.25, 0.3) is 0 Å². The molecule has 0 N–H and O–H groups in total. The monoisotopic (exact) mass is 516 g/mol. The van der Waals surface area contributed by atoms with Crippen LogP contribution in [0.2, 0.25) is 33.2 Å². The van der Waals surface area contributed by atoms with E-state index in [2.05, 4.69) is 128 Å². The maximum Gasteiger partial charge on any atom is 0.146 e. The first-order valence-corrected chi connectivity index (χ1v) is 18.2. The molecule has 0 aliphatic rings. The van der Waals surface area contributed by atoms with E-state index in [0.29, 0.717) is 33.2 Å². The first-order valence-electron chi connectivity index (χ1n) is 13.8. The Bertz CT molecular complexity index is 1000. The smallest absolute Gasteiger partial charge is 0.146 e. The van der Waals surface area contributed by atoms with Crippen LogP contribution < -0.4 is 0 Å². The second-order valence-electron chi connectivity index (χ2n) is 12.2. The minimum absolute atomic E-state index is 0.612. The number of rotatable bonds is 7. The molecule has 2 rings (SSSR count). The van der Waals surface area contributed by atoms with Crippen molar-refractivity contribution in [1.29, 1.82) is 0 Å². The Kier molecular flexibility index (Phi) is 10.4. The maximum atomic E-state index is 4.64. The van der Waals surface area contributed by atoms with Crippen molar-refractivity contribution in [3.63, 3.8) is 0 Å². The van der Waals surface area contributed by atoms with Crippen LogP contribution in [0.25, 0.3) is 11.4 Å². The van der Waals surface area contributed by atoms with Crippen LogP contribution in [-0.2, 0) is 0 Å². The highest BCUT2D eigenvalue weighted by Crippen LogP contribution is 2.41. The van der Waals surface area contributed by atoms with Crippen molar-refractivity contribution in [2.45, 2.75) is 116 Å². The Hall–Kier alpha value is -2.15. The van der Waals surface area contributed by atoms with Gasteiger partial charge in [-0.1, -0.05) is 94.9 Å². The van der Waals surface area contributed by atoms with E-state index in [1.165, 1.54) is 0 Å². The van der Waals surface area contributed by atoms with Crippen molar-refractivity contribution >= 4 is 16.1 Å². The molecule has 4 heteroatoms. The fraction of sp³-hybridized carbons (Fsp3) is 0.562. The molecular weight excluding hydrogens is 469 g/mol. The number of hydrogen-bond donors (Lipinski definition) is 0. The van der Waals surface area contributed by atoms with Crippen LogP contribution in [0.15, 0.2) is 36.7 Å². The molecule has 2 heterocycles. The quantitative estimate of drug-likeness (QED) is 0.271. The van der Waals surface area contributed by atoms with Gasteiger partial charge in [0.2, 0.25) is 0 Å². The SMILES string of the molecule is CC(C)[Si](C#Cc1ccnc(-c2cc(C#C[Si](C(C)C)(C(C)C)C(C)C)ccn2)c1)(C(C)C)C(C)C. The number of hydrogen-bond acceptors (Lipinski definition) is 2. The van der Waals surface area contributed by atoms with Crippen molar-refractivity contribution in [3.8, 4) is 34.3 Å². The number of aromatic nitrogens is 2. The van der Waals surface area contributed by atoms with E-state index in [9.17, 15) is 0 Å². The Balaban J connectivity index is 2.49. The third-order valence-corrected chi connectivity index (χ3v) is 20.9. The van der Waals surface area contributed by atoms with Gasteiger partial charge in [-0.15, -0.1) is 11.1 Å². The van der Waals surface area contributed by atoms with E-state index in [-0.39, 0.29) is 0 Å². The Morgan fingerprint density at radius 1 is 0.500 bits per heavy atom. The third kappa shape index (κ3) is 6.21. The zero-order chi connectivity index (χ0) is 27.3. The zero-order valence-corrected chi connectivity index (χ0v) is 26.8. The minimum atomic E-state index is -1.78. The first kappa shape index (κ1) is 30.1. The molecule has 0 atom stereocenters. The fourth-order valence-corrected chi connectivity index (χ4v) is 17.0. The molecule has 2 aromatic rings. The lowest BCUT2D eigenvalue weighted by Gasteiger charge is -2.38. The normalized spacial score (nSPS) is 12.4. The topological polar surface area (TPSA) is 25.8 Å². The molecule has 0 spiro atoms. The van der Waals surface area contributed by atoms with Gasteiger partial charge in [0.1, 0.15) is 16.1 Å². The third-order valence-electron chi connectivity index (χ3n) is 8.36. The molecule has 0 aliphatic carbocycles. The van der Waals surface area contributed by atoms with E-state index >= 15 is 0 Å². The largest absolute Gasteiger partial charge is 0.255 e. The molecule has 194 valence electrons. The fourth-order valence-electron chi connectivity index (χ4n) is 6.52. The molecule has 0 fully saturated rings. The molecule has 0 aliphatic heterocycles. The second-order valence-corrected chi connectivity index (χ2v) is 23.3. The molecule has 0 amide bonds. The van der Waals surface area contributed by atoms with Crippen LogP contribution in [0.4, 0.5) is 0 Å². The van der Waals surface area contributed by atoms with Crippen LogP contribution in [0, 0.1) is 22.9 Å². The summed E-state index contributed by atoms with van der Waals surface area (Å²) in [4.78, 5) is 9.27. The Morgan fingerprint density at radius 3 is 1.03 bits per heavy atom. The predicted molar refractivity (Wildman–Crippen MR) is 163 cm³/mol. The van der Waals surface area contributed by atoms with Crippen molar-refractivity contribution in [1.82, 2.24) is 9.97 Å². The molecule has 0 bridgehead atoms. The molecule has 0 radical (unpaired) electrons. The predicted octanol–water partition coefficient (Wildman–Crippen LogP) is 9.28. The van der Waals surface area contributed by atoms with Gasteiger partial charge in [0.05, 0.1) is 11.4 Å². The van der Waals surface area contributed by atoms with E-state index < -0.39 is 16.1 Å². The average Bonchev–Trinajstić information content (AvgIpc) is 2.79. The number of nitrogens with zero attached hydrogens (tertiary/aromatic N) is 2.